The number of carbonyl (C=O) groups excluding carboxylic acids is 2. The minimum Gasteiger partial charge on any atom is -0.450 e. The summed E-state index contributed by atoms with van der Waals surface area (Å²) in [5.41, 5.74) is 0.319. The van der Waals surface area contributed by atoms with Crippen LogP contribution in [0.1, 0.15) is 45.7 Å². The Bertz CT molecular complexity index is 1740. The molecule has 2 amide bonds. The first kappa shape index (κ1) is 23.8. The second-order valence-electron chi connectivity index (χ2n) is 10.4. The maximum atomic E-state index is 14.8. The Morgan fingerprint density at radius 2 is 1.82 bits per heavy atom. The minimum atomic E-state index is -1.75. The maximum Gasteiger partial charge on any atom is 0.291 e. The van der Waals surface area contributed by atoms with E-state index in [4.69, 9.17) is 9.15 Å². The van der Waals surface area contributed by atoms with Crippen LogP contribution in [0.2, 0.25) is 0 Å². The van der Waals surface area contributed by atoms with Crippen molar-refractivity contribution < 1.29 is 23.1 Å². The van der Waals surface area contributed by atoms with Crippen molar-refractivity contribution in [3.8, 4) is 0 Å². The molecule has 0 N–H and O–H groups in total. The lowest BCUT2D eigenvalue weighted by molar-refractivity contribution is -0.126. The lowest BCUT2D eigenvalue weighted by Crippen LogP contribution is -2.55. The minimum absolute atomic E-state index is 0.0112. The van der Waals surface area contributed by atoms with Crippen molar-refractivity contribution in [2.45, 2.75) is 38.0 Å². The molecule has 0 saturated carbocycles. The molecule has 4 aromatic rings. The van der Waals surface area contributed by atoms with Gasteiger partial charge in [-0.05, 0) is 44.0 Å². The van der Waals surface area contributed by atoms with Crippen LogP contribution in [0, 0.1) is 12.7 Å². The molecule has 196 valence electrons. The highest BCUT2D eigenvalue weighted by Crippen LogP contribution is 2.53. The predicted molar refractivity (Wildman–Crippen MR) is 142 cm³/mol. The Kier molecular flexibility index (Phi) is 5.25. The second-order valence-corrected chi connectivity index (χ2v) is 10.4. The van der Waals surface area contributed by atoms with Crippen LogP contribution in [-0.4, -0.2) is 36.0 Å². The third kappa shape index (κ3) is 3.27. The molecule has 3 aliphatic heterocycles. The quantitative estimate of drug-likeness (QED) is 0.388. The molecule has 7 rings (SSSR count). The highest BCUT2D eigenvalue weighted by molar-refractivity contribution is 6.17. The van der Waals surface area contributed by atoms with Crippen molar-refractivity contribution in [1.82, 2.24) is 4.90 Å². The van der Waals surface area contributed by atoms with Crippen LogP contribution < -0.4 is 10.3 Å². The van der Waals surface area contributed by atoms with Gasteiger partial charge in [-0.15, -0.1) is 0 Å². The lowest BCUT2D eigenvalue weighted by Gasteiger charge is -2.35. The lowest BCUT2D eigenvalue weighted by atomic mass is 9.83. The van der Waals surface area contributed by atoms with E-state index in [2.05, 4.69) is 0 Å². The number of hydrogen-bond acceptors (Lipinski definition) is 5. The van der Waals surface area contributed by atoms with Crippen LogP contribution in [0.5, 0.6) is 0 Å². The van der Waals surface area contributed by atoms with E-state index < -0.39 is 28.6 Å². The summed E-state index contributed by atoms with van der Waals surface area (Å²) in [5, 5.41) is 0.303. The normalized spacial score (nSPS) is 21.8. The van der Waals surface area contributed by atoms with Crippen LogP contribution in [0.25, 0.3) is 11.0 Å². The first-order valence-corrected chi connectivity index (χ1v) is 13.1. The Balaban J connectivity index is 1.51. The summed E-state index contributed by atoms with van der Waals surface area (Å²) >= 11 is 0. The zero-order valence-corrected chi connectivity index (χ0v) is 21.3. The summed E-state index contributed by atoms with van der Waals surface area (Å²) in [7, 11) is 0. The molecule has 0 aliphatic carbocycles. The van der Waals surface area contributed by atoms with Crippen molar-refractivity contribution in [2.75, 3.05) is 18.1 Å². The molecule has 4 heterocycles. The van der Waals surface area contributed by atoms with Crippen molar-refractivity contribution in [2.24, 2.45) is 0 Å². The first-order chi connectivity index (χ1) is 18.9. The molecule has 8 heteroatoms. The van der Waals surface area contributed by atoms with Gasteiger partial charge in [0.15, 0.2) is 11.0 Å². The number of rotatable bonds is 4. The van der Waals surface area contributed by atoms with Gasteiger partial charge in [0, 0.05) is 24.3 Å². The highest BCUT2D eigenvalue weighted by atomic mass is 19.1. The molecular formula is C31H25FN2O5. The topological polar surface area (TPSA) is 80.1 Å². The molecule has 1 saturated heterocycles. The third-order valence-electron chi connectivity index (χ3n) is 8.09. The zero-order valence-electron chi connectivity index (χ0n) is 21.3. The number of nitrogens with zero attached hydrogens (tertiary/aromatic N) is 2. The number of fused-ring (bicyclic) bond motifs is 5. The Morgan fingerprint density at radius 3 is 2.62 bits per heavy atom. The predicted octanol–water partition coefficient (Wildman–Crippen LogP) is 4.67. The van der Waals surface area contributed by atoms with Crippen molar-refractivity contribution in [1.29, 1.82) is 0 Å². The number of ether oxygens (including phenoxy) is 1. The summed E-state index contributed by atoms with van der Waals surface area (Å²) in [6.45, 7) is 2.49. The zero-order chi connectivity index (χ0) is 26.9. The molecule has 7 nitrogen and oxygen atoms in total. The summed E-state index contributed by atoms with van der Waals surface area (Å²) in [4.78, 5) is 46.0. The van der Waals surface area contributed by atoms with E-state index in [0.29, 0.717) is 28.8 Å². The summed E-state index contributed by atoms with van der Waals surface area (Å²) < 4.78 is 26.7. The van der Waals surface area contributed by atoms with Crippen molar-refractivity contribution >= 4 is 28.5 Å². The Hall–Kier alpha value is -4.30. The fraction of sp³-hybridized carbons (Fsp3) is 0.258. The number of amides is 2. The number of hydrogen-bond donors (Lipinski definition) is 0. The standard InChI is InChI=1S/C31H25FN2O5/c1-18-12-13-25-21(15-18)27(35)26-28(39-25)29(36)34(17-20-8-6-14-38-20)31(26)22-9-3-5-11-24(22)33(30(31)37)16-19-7-2-4-10-23(19)32/h2-5,7,9-13,15,20H,6,8,14,16-17H2,1H3. The molecule has 39 heavy (non-hydrogen) atoms. The smallest absolute Gasteiger partial charge is 0.291 e. The number of anilines is 1. The van der Waals surface area contributed by atoms with Crippen molar-refractivity contribution in [3.63, 3.8) is 0 Å². The molecule has 1 aromatic heterocycles. The summed E-state index contributed by atoms with van der Waals surface area (Å²) in [6.07, 6.45) is 1.29. The van der Waals surface area contributed by atoms with Gasteiger partial charge in [-0.2, -0.15) is 0 Å². The van der Waals surface area contributed by atoms with Crippen molar-refractivity contribution in [3.05, 3.63) is 111 Å². The van der Waals surface area contributed by atoms with Crippen LogP contribution in [0.3, 0.4) is 0 Å². The molecular weight excluding hydrogens is 499 g/mol. The third-order valence-corrected chi connectivity index (χ3v) is 8.09. The number of para-hydroxylation sites is 1. The number of benzene rings is 3. The van der Waals surface area contributed by atoms with E-state index in [-0.39, 0.29) is 36.1 Å². The van der Waals surface area contributed by atoms with Crippen LogP contribution in [0.4, 0.5) is 10.1 Å². The van der Waals surface area contributed by atoms with E-state index in [1.807, 2.05) is 13.0 Å². The van der Waals surface area contributed by atoms with E-state index in [1.165, 1.54) is 15.9 Å². The van der Waals surface area contributed by atoms with Crippen LogP contribution >= 0.6 is 0 Å². The Labute approximate surface area is 223 Å². The number of aryl methyl sites for hydroxylation is 1. The molecule has 2 unspecified atom stereocenters. The molecule has 0 radical (unpaired) electrons. The largest absolute Gasteiger partial charge is 0.450 e. The average molecular weight is 525 g/mol. The molecule has 3 aliphatic rings. The van der Waals surface area contributed by atoms with Gasteiger partial charge in [0.1, 0.15) is 11.4 Å². The number of halogens is 1. The summed E-state index contributed by atoms with van der Waals surface area (Å²) in [5.74, 6) is -1.60. The van der Waals surface area contributed by atoms with Gasteiger partial charge < -0.3 is 19.0 Å². The van der Waals surface area contributed by atoms with Gasteiger partial charge in [-0.25, -0.2) is 4.39 Å². The molecule has 2 atom stereocenters. The second kappa shape index (κ2) is 8.61. The van der Waals surface area contributed by atoms with Crippen LogP contribution in [0.15, 0.2) is 75.9 Å². The average Bonchev–Trinajstić information content (AvgIpc) is 3.60. The molecule has 1 spiro atoms. The van der Waals surface area contributed by atoms with Gasteiger partial charge in [0.25, 0.3) is 11.8 Å². The Morgan fingerprint density at radius 1 is 1.03 bits per heavy atom. The first-order valence-electron chi connectivity index (χ1n) is 13.1. The molecule has 0 bridgehead atoms. The SMILES string of the molecule is Cc1ccc2oc3c(c(=O)c2c1)C1(C(=O)N(Cc2ccccc2F)c2ccccc21)N(CC1CCCO1)C3=O. The van der Waals surface area contributed by atoms with Gasteiger partial charge in [0.2, 0.25) is 5.76 Å². The van der Waals surface area contributed by atoms with Gasteiger partial charge in [0.05, 0.1) is 29.3 Å². The van der Waals surface area contributed by atoms with E-state index in [1.54, 1.807) is 54.6 Å². The van der Waals surface area contributed by atoms with Crippen LogP contribution in [-0.2, 0) is 21.6 Å². The van der Waals surface area contributed by atoms with E-state index >= 15 is 0 Å². The van der Waals surface area contributed by atoms with Gasteiger partial charge >= 0.3 is 0 Å². The monoisotopic (exact) mass is 524 g/mol. The van der Waals surface area contributed by atoms with E-state index in [9.17, 15) is 18.8 Å². The van der Waals surface area contributed by atoms with Gasteiger partial charge in [-0.3, -0.25) is 14.4 Å². The molecule has 3 aromatic carbocycles. The summed E-state index contributed by atoms with van der Waals surface area (Å²) in [6, 6.07) is 18.6. The fourth-order valence-electron chi connectivity index (χ4n) is 6.30. The fourth-order valence-corrected chi connectivity index (χ4v) is 6.30. The number of carbonyl (C=O) groups is 2. The maximum absolute atomic E-state index is 14.8. The van der Waals surface area contributed by atoms with E-state index in [0.717, 1.165) is 18.4 Å². The molecule has 1 fully saturated rings. The highest BCUT2D eigenvalue weighted by Gasteiger charge is 2.65. The van der Waals surface area contributed by atoms with Gasteiger partial charge in [-0.1, -0.05) is 48.0 Å².